The molecule has 0 aliphatic carbocycles. The van der Waals surface area contributed by atoms with Crippen molar-refractivity contribution < 1.29 is 9.59 Å². The molecule has 0 aromatic rings. The van der Waals surface area contributed by atoms with E-state index in [9.17, 15) is 9.59 Å². The van der Waals surface area contributed by atoms with E-state index in [1.54, 1.807) is 0 Å². The average Bonchev–Trinajstić information content (AvgIpc) is 2.38. The molecular weight excluding hydrogens is 268 g/mol. The van der Waals surface area contributed by atoms with Crippen molar-refractivity contribution in [1.82, 2.24) is 20.9 Å². The summed E-state index contributed by atoms with van der Waals surface area (Å²) in [5.74, 6) is -0.177. The highest BCUT2D eigenvalue weighted by Crippen LogP contribution is 1.89. The third kappa shape index (κ3) is 8.80. The number of piperazine rings is 1. The van der Waals surface area contributed by atoms with Crippen LogP contribution in [0.4, 0.5) is 0 Å². The number of carbonyl (C=O) groups is 2. The Bertz CT molecular complexity index is 270. The number of nitrogens with zero attached hydrogens (tertiary/aromatic N) is 1. The minimum Gasteiger partial charge on any atom is -0.353 e. The summed E-state index contributed by atoms with van der Waals surface area (Å²) in [5, 5.41) is 8.69. The van der Waals surface area contributed by atoms with E-state index >= 15 is 0 Å². The number of hydrogen-bond donors (Lipinski definition) is 3. The third-order valence-corrected chi connectivity index (χ3v) is 2.88. The number of amides is 2. The van der Waals surface area contributed by atoms with Gasteiger partial charge in [0.05, 0.1) is 6.54 Å². The molecule has 112 valence electrons. The Hall–Kier alpha value is -0.850. The quantitative estimate of drug-likeness (QED) is 0.583. The minimum atomic E-state index is -0.116. The molecule has 7 heteroatoms. The summed E-state index contributed by atoms with van der Waals surface area (Å²) in [7, 11) is 0. The smallest absolute Gasteiger partial charge is 0.239 e. The molecule has 0 bridgehead atoms. The predicted molar refractivity (Wildman–Crippen MR) is 77.5 cm³/mol. The first-order valence-corrected chi connectivity index (χ1v) is 6.69. The van der Waals surface area contributed by atoms with E-state index in [1.807, 2.05) is 6.92 Å². The number of hydrogen-bond acceptors (Lipinski definition) is 4. The minimum absolute atomic E-state index is 0. The van der Waals surface area contributed by atoms with E-state index in [0.717, 1.165) is 39.1 Å². The van der Waals surface area contributed by atoms with Gasteiger partial charge in [0.2, 0.25) is 11.8 Å². The summed E-state index contributed by atoms with van der Waals surface area (Å²) < 4.78 is 0. The van der Waals surface area contributed by atoms with Crippen LogP contribution >= 0.6 is 12.4 Å². The molecule has 1 saturated heterocycles. The zero-order valence-electron chi connectivity index (χ0n) is 11.5. The molecule has 0 unspecified atom stereocenters. The first-order chi connectivity index (χ1) is 8.72. The van der Waals surface area contributed by atoms with E-state index in [-0.39, 0.29) is 30.8 Å². The van der Waals surface area contributed by atoms with Crippen LogP contribution in [0.1, 0.15) is 19.8 Å². The summed E-state index contributed by atoms with van der Waals surface area (Å²) in [6.07, 6.45) is 1.28. The zero-order valence-corrected chi connectivity index (χ0v) is 12.4. The van der Waals surface area contributed by atoms with Crippen molar-refractivity contribution in [1.29, 1.82) is 0 Å². The van der Waals surface area contributed by atoms with Crippen LogP contribution in [0.15, 0.2) is 0 Å². The molecule has 0 aromatic heterocycles. The van der Waals surface area contributed by atoms with Crippen LogP contribution in [-0.2, 0) is 9.59 Å². The van der Waals surface area contributed by atoms with E-state index < -0.39 is 0 Å². The van der Waals surface area contributed by atoms with Crippen LogP contribution in [0.5, 0.6) is 0 Å². The van der Waals surface area contributed by atoms with Crippen LogP contribution in [0, 0.1) is 0 Å². The monoisotopic (exact) mass is 292 g/mol. The molecule has 0 radical (unpaired) electrons. The lowest BCUT2D eigenvalue weighted by molar-refractivity contribution is -0.126. The Balaban J connectivity index is 0.00000324. The van der Waals surface area contributed by atoms with Crippen molar-refractivity contribution in [2.75, 3.05) is 45.8 Å². The lowest BCUT2D eigenvalue weighted by Crippen LogP contribution is -2.47. The predicted octanol–water partition coefficient (Wildman–Crippen LogP) is -0.654. The number of carbonyl (C=O) groups excluding carboxylic acids is 2. The molecule has 0 atom stereocenters. The fourth-order valence-corrected chi connectivity index (χ4v) is 1.85. The Morgan fingerprint density at radius 3 is 2.47 bits per heavy atom. The molecule has 2 amide bonds. The van der Waals surface area contributed by atoms with Crippen LogP contribution in [0.2, 0.25) is 0 Å². The Morgan fingerprint density at radius 1 is 1.16 bits per heavy atom. The van der Waals surface area contributed by atoms with Gasteiger partial charge in [-0.25, -0.2) is 0 Å². The molecule has 1 fully saturated rings. The van der Waals surface area contributed by atoms with Gasteiger partial charge in [0, 0.05) is 45.7 Å². The fraction of sp³-hybridized carbons (Fsp3) is 0.833. The van der Waals surface area contributed by atoms with Gasteiger partial charge in [-0.2, -0.15) is 0 Å². The van der Waals surface area contributed by atoms with Gasteiger partial charge in [-0.3, -0.25) is 14.5 Å². The van der Waals surface area contributed by atoms with Crippen molar-refractivity contribution in [2.24, 2.45) is 0 Å². The second-order valence-electron chi connectivity index (χ2n) is 4.47. The molecule has 0 aromatic carbocycles. The first-order valence-electron chi connectivity index (χ1n) is 6.69. The second-order valence-corrected chi connectivity index (χ2v) is 4.47. The summed E-state index contributed by atoms with van der Waals surface area (Å²) in [6, 6.07) is 0. The van der Waals surface area contributed by atoms with Gasteiger partial charge in [0.1, 0.15) is 0 Å². The molecule has 0 spiro atoms. The molecule has 1 heterocycles. The zero-order chi connectivity index (χ0) is 13.2. The Morgan fingerprint density at radius 2 is 1.84 bits per heavy atom. The van der Waals surface area contributed by atoms with Crippen molar-refractivity contribution in [3.8, 4) is 0 Å². The van der Waals surface area contributed by atoms with E-state index in [0.29, 0.717) is 13.0 Å². The van der Waals surface area contributed by atoms with E-state index in [4.69, 9.17) is 0 Å². The summed E-state index contributed by atoms with van der Waals surface area (Å²) in [6.45, 7) is 7.63. The van der Waals surface area contributed by atoms with E-state index in [1.165, 1.54) is 0 Å². The Labute approximate surface area is 121 Å². The van der Waals surface area contributed by atoms with Crippen molar-refractivity contribution in [3.05, 3.63) is 0 Å². The third-order valence-electron chi connectivity index (χ3n) is 2.88. The van der Waals surface area contributed by atoms with Crippen LogP contribution in [0.25, 0.3) is 0 Å². The highest BCUT2D eigenvalue weighted by Gasteiger charge is 2.09. The van der Waals surface area contributed by atoms with Crippen LogP contribution < -0.4 is 16.0 Å². The lowest BCUT2D eigenvalue weighted by Gasteiger charge is -2.27. The molecule has 0 saturated carbocycles. The molecule has 19 heavy (non-hydrogen) atoms. The van der Waals surface area contributed by atoms with Crippen LogP contribution in [0.3, 0.4) is 0 Å². The fourth-order valence-electron chi connectivity index (χ4n) is 1.85. The van der Waals surface area contributed by atoms with Crippen molar-refractivity contribution in [2.45, 2.75) is 19.8 Å². The SMILES string of the molecule is CCCC(=O)NCC(=O)NCCN1CCNCC1.Cl. The summed E-state index contributed by atoms with van der Waals surface area (Å²) >= 11 is 0. The van der Waals surface area contributed by atoms with Crippen LogP contribution in [-0.4, -0.2) is 62.5 Å². The standard InChI is InChI=1S/C12H24N4O2.ClH/c1-2-3-11(17)15-10-12(18)14-6-9-16-7-4-13-5-8-16;/h13H,2-10H2,1H3,(H,14,18)(H,15,17);1H. The van der Waals surface area contributed by atoms with Crippen molar-refractivity contribution >= 4 is 24.2 Å². The van der Waals surface area contributed by atoms with Gasteiger partial charge in [0.25, 0.3) is 0 Å². The maximum absolute atomic E-state index is 11.4. The number of rotatable bonds is 7. The molecular formula is C12H25ClN4O2. The lowest BCUT2D eigenvalue weighted by atomic mass is 10.3. The second kappa shape index (κ2) is 11.0. The van der Waals surface area contributed by atoms with Gasteiger partial charge >= 0.3 is 0 Å². The molecule has 3 N–H and O–H groups in total. The molecule has 1 aliphatic rings. The van der Waals surface area contributed by atoms with E-state index in [2.05, 4.69) is 20.9 Å². The largest absolute Gasteiger partial charge is 0.353 e. The van der Waals surface area contributed by atoms with Gasteiger partial charge in [-0.15, -0.1) is 12.4 Å². The maximum Gasteiger partial charge on any atom is 0.239 e. The summed E-state index contributed by atoms with van der Waals surface area (Å²) in [5.41, 5.74) is 0. The first kappa shape index (κ1) is 18.1. The maximum atomic E-state index is 11.4. The summed E-state index contributed by atoms with van der Waals surface area (Å²) in [4.78, 5) is 24.9. The van der Waals surface area contributed by atoms with Gasteiger partial charge in [0.15, 0.2) is 0 Å². The normalized spacial score (nSPS) is 15.4. The Kier molecular flexibility index (Phi) is 10.5. The van der Waals surface area contributed by atoms with Crippen molar-refractivity contribution in [3.63, 3.8) is 0 Å². The van der Waals surface area contributed by atoms with Gasteiger partial charge in [-0.1, -0.05) is 6.92 Å². The highest BCUT2D eigenvalue weighted by atomic mass is 35.5. The number of halogens is 1. The molecule has 1 aliphatic heterocycles. The highest BCUT2D eigenvalue weighted by molar-refractivity contribution is 5.85. The van der Waals surface area contributed by atoms with Gasteiger partial charge in [-0.05, 0) is 6.42 Å². The van der Waals surface area contributed by atoms with Gasteiger partial charge < -0.3 is 16.0 Å². The topological polar surface area (TPSA) is 73.5 Å². The molecule has 1 rings (SSSR count). The average molecular weight is 293 g/mol. The molecule has 6 nitrogen and oxygen atoms in total. The number of nitrogens with one attached hydrogen (secondary N) is 3.